The highest BCUT2D eigenvalue weighted by atomic mass is 35.5. The average Bonchev–Trinajstić information content (AvgIpc) is 2.33. The SMILES string of the molecule is CCCNC(=S)N/N=C/c1cc(O)c(O)c(Cl)c1. The number of phenols is 2. The molecule has 1 aromatic rings. The molecule has 1 rings (SSSR count). The molecule has 0 aliphatic rings. The number of thiocarbonyl (C=S) groups is 1. The zero-order valence-electron chi connectivity index (χ0n) is 9.77. The van der Waals surface area contributed by atoms with Gasteiger partial charge in [0.25, 0.3) is 0 Å². The fraction of sp³-hybridized carbons (Fsp3) is 0.273. The van der Waals surface area contributed by atoms with Crippen molar-refractivity contribution in [2.24, 2.45) is 5.10 Å². The van der Waals surface area contributed by atoms with E-state index in [1.165, 1.54) is 18.3 Å². The number of hydrazone groups is 1. The van der Waals surface area contributed by atoms with Crippen molar-refractivity contribution in [3.63, 3.8) is 0 Å². The van der Waals surface area contributed by atoms with Crippen molar-refractivity contribution in [2.75, 3.05) is 6.54 Å². The summed E-state index contributed by atoms with van der Waals surface area (Å²) < 4.78 is 0. The number of benzene rings is 1. The van der Waals surface area contributed by atoms with Crippen molar-refractivity contribution in [3.8, 4) is 11.5 Å². The topological polar surface area (TPSA) is 76.9 Å². The Morgan fingerprint density at radius 3 is 2.83 bits per heavy atom. The van der Waals surface area contributed by atoms with Crippen LogP contribution in [0.2, 0.25) is 5.02 Å². The number of phenolic OH excluding ortho intramolecular Hbond substituents is 2. The fourth-order valence-corrected chi connectivity index (χ4v) is 1.50. The molecule has 0 heterocycles. The number of rotatable bonds is 4. The van der Waals surface area contributed by atoms with Gasteiger partial charge in [-0.15, -0.1) is 0 Å². The van der Waals surface area contributed by atoms with E-state index in [-0.39, 0.29) is 16.5 Å². The Kier molecular flexibility index (Phi) is 5.67. The van der Waals surface area contributed by atoms with Gasteiger partial charge in [0.1, 0.15) is 0 Å². The predicted molar refractivity (Wildman–Crippen MR) is 76.4 cm³/mol. The van der Waals surface area contributed by atoms with Crippen LogP contribution in [-0.4, -0.2) is 28.1 Å². The van der Waals surface area contributed by atoms with E-state index in [1.54, 1.807) is 0 Å². The number of hydrogen-bond donors (Lipinski definition) is 4. The number of hydrogen-bond acceptors (Lipinski definition) is 4. The molecule has 0 fully saturated rings. The van der Waals surface area contributed by atoms with Crippen LogP contribution in [0.15, 0.2) is 17.2 Å². The summed E-state index contributed by atoms with van der Waals surface area (Å²) in [5.74, 6) is -0.641. The third-order valence-corrected chi connectivity index (χ3v) is 2.50. The van der Waals surface area contributed by atoms with Gasteiger partial charge < -0.3 is 15.5 Å². The second-order valence-electron chi connectivity index (χ2n) is 3.50. The van der Waals surface area contributed by atoms with E-state index in [4.69, 9.17) is 23.8 Å². The normalized spacial score (nSPS) is 10.6. The molecule has 0 aromatic heterocycles. The third-order valence-electron chi connectivity index (χ3n) is 1.98. The molecule has 0 saturated heterocycles. The van der Waals surface area contributed by atoms with Gasteiger partial charge in [0, 0.05) is 6.54 Å². The van der Waals surface area contributed by atoms with E-state index in [0.29, 0.717) is 10.7 Å². The van der Waals surface area contributed by atoms with Crippen molar-refractivity contribution >= 4 is 35.1 Å². The summed E-state index contributed by atoms with van der Waals surface area (Å²) in [4.78, 5) is 0. The Labute approximate surface area is 115 Å². The standard InChI is InChI=1S/C11H14ClN3O2S/c1-2-3-13-11(18)15-14-6-7-4-8(12)10(17)9(16)5-7/h4-6,16-17H,2-3H2,1H3,(H2,13,15,18)/b14-6+. The minimum absolute atomic E-state index is 0.0585. The lowest BCUT2D eigenvalue weighted by Crippen LogP contribution is -2.32. The summed E-state index contributed by atoms with van der Waals surface area (Å²) in [6.45, 7) is 2.80. The summed E-state index contributed by atoms with van der Waals surface area (Å²) >= 11 is 10.7. The largest absolute Gasteiger partial charge is 0.504 e. The molecule has 0 saturated carbocycles. The van der Waals surface area contributed by atoms with Crippen molar-refractivity contribution in [1.82, 2.24) is 10.7 Å². The van der Waals surface area contributed by atoms with Crippen LogP contribution in [0.25, 0.3) is 0 Å². The van der Waals surface area contributed by atoms with E-state index >= 15 is 0 Å². The van der Waals surface area contributed by atoms with Crippen molar-refractivity contribution in [2.45, 2.75) is 13.3 Å². The molecule has 98 valence electrons. The maximum Gasteiger partial charge on any atom is 0.186 e. The smallest absolute Gasteiger partial charge is 0.186 e. The van der Waals surface area contributed by atoms with Gasteiger partial charge in [-0.2, -0.15) is 5.10 Å². The number of nitrogens with one attached hydrogen (secondary N) is 2. The van der Waals surface area contributed by atoms with E-state index in [1.807, 2.05) is 6.92 Å². The van der Waals surface area contributed by atoms with E-state index < -0.39 is 0 Å². The molecular formula is C11H14ClN3O2S. The molecule has 0 unspecified atom stereocenters. The molecule has 18 heavy (non-hydrogen) atoms. The fourth-order valence-electron chi connectivity index (χ4n) is 1.12. The second-order valence-corrected chi connectivity index (χ2v) is 4.31. The Morgan fingerprint density at radius 2 is 2.22 bits per heavy atom. The molecule has 5 nitrogen and oxygen atoms in total. The minimum Gasteiger partial charge on any atom is -0.504 e. The number of aromatic hydroxyl groups is 2. The monoisotopic (exact) mass is 287 g/mol. The Morgan fingerprint density at radius 1 is 1.50 bits per heavy atom. The van der Waals surface area contributed by atoms with Crippen molar-refractivity contribution < 1.29 is 10.2 Å². The molecular weight excluding hydrogens is 274 g/mol. The quantitative estimate of drug-likeness (QED) is 0.295. The van der Waals surface area contributed by atoms with Crippen LogP contribution in [-0.2, 0) is 0 Å². The first kappa shape index (κ1) is 14.5. The van der Waals surface area contributed by atoms with E-state index in [9.17, 15) is 10.2 Å². The van der Waals surface area contributed by atoms with Crippen LogP contribution in [0.1, 0.15) is 18.9 Å². The number of nitrogens with zero attached hydrogens (tertiary/aromatic N) is 1. The summed E-state index contributed by atoms with van der Waals surface area (Å²) in [6.07, 6.45) is 2.40. The zero-order valence-corrected chi connectivity index (χ0v) is 11.3. The summed E-state index contributed by atoms with van der Waals surface area (Å²) in [7, 11) is 0. The van der Waals surface area contributed by atoms with Gasteiger partial charge >= 0.3 is 0 Å². The van der Waals surface area contributed by atoms with Gasteiger partial charge in [-0.3, -0.25) is 5.43 Å². The van der Waals surface area contributed by atoms with Crippen LogP contribution >= 0.6 is 23.8 Å². The van der Waals surface area contributed by atoms with Crippen molar-refractivity contribution in [1.29, 1.82) is 0 Å². The first-order chi connectivity index (χ1) is 8.54. The van der Waals surface area contributed by atoms with Gasteiger partial charge in [-0.1, -0.05) is 18.5 Å². The van der Waals surface area contributed by atoms with E-state index in [0.717, 1.165) is 13.0 Å². The lowest BCUT2D eigenvalue weighted by atomic mass is 10.2. The predicted octanol–water partition coefficient (Wildman–Crippen LogP) is 1.96. The maximum absolute atomic E-state index is 9.35. The van der Waals surface area contributed by atoms with Crippen molar-refractivity contribution in [3.05, 3.63) is 22.7 Å². The molecule has 0 aliphatic heterocycles. The molecule has 0 spiro atoms. The molecule has 0 aliphatic carbocycles. The summed E-state index contributed by atoms with van der Waals surface area (Å²) in [5.41, 5.74) is 3.16. The minimum atomic E-state index is -0.345. The molecule has 0 radical (unpaired) electrons. The maximum atomic E-state index is 9.35. The van der Waals surface area contributed by atoms with Gasteiger partial charge in [-0.25, -0.2) is 0 Å². The molecule has 1 aromatic carbocycles. The Hall–Kier alpha value is -1.53. The zero-order chi connectivity index (χ0) is 13.5. The lowest BCUT2D eigenvalue weighted by Gasteiger charge is -2.05. The molecule has 4 N–H and O–H groups in total. The molecule has 0 atom stereocenters. The average molecular weight is 288 g/mol. The van der Waals surface area contributed by atoms with Crippen LogP contribution in [0.5, 0.6) is 11.5 Å². The number of halogens is 1. The highest BCUT2D eigenvalue weighted by Crippen LogP contribution is 2.33. The lowest BCUT2D eigenvalue weighted by molar-refractivity contribution is 0.404. The van der Waals surface area contributed by atoms with Crippen LogP contribution in [0.4, 0.5) is 0 Å². The first-order valence-corrected chi connectivity index (χ1v) is 6.11. The van der Waals surface area contributed by atoms with Gasteiger partial charge in [0.2, 0.25) is 0 Å². The van der Waals surface area contributed by atoms with Crippen LogP contribution in [0, 0.1) is 0 Å². The highest BCUT2D eigenvalue weighted by Gasteiger charge is 2.05. The van der Waals surface area contributed by atoms with E-state index in [2.05, 4.69) is 15.8 Å². The summed E-state index contributed by atoms with van der Waals surface area (Å²) in [5, 5.41) is 25.9. The summed E-state index contributed by atoms with van der Waals surface area (Å²) in [6, 6.07) is 2.82. The van der Waals surface area contributed by atoms with Crippen LogP contribution < -0.4 is 10.7 Å². The molecule has 7 heteroatoms. The Bertz CT molecular complexity index is 443. The van der Waals surface area contributed by atoms with Gasteiger partial charge in [-0.05, 0) is 36.3 Å². The third kappa shape index (κ3) is 4.38. The molecule has 0 bridgehead atoms. The highest BCUT2D eigenvalue weighted by molar-refractivity contribution is 7.80. The van der Waals surface area contributed by atoms with Crippen LogP contribution in [0.3, 0.4) is 0 Å². The first-order valence-electron chi connectivity index (χ1n) is 5.33. The second kappa shape index (κ2) is 7.03. The molecule has 0 amide bonds. The van der Waals surface area contributed by atoms with Gasteiger partial charge in [0.05, 0.1) is 11.2 Å². The van der Waals surface area contributed by atoms with Gasteiger partial charge in [0.15, 0.2) is 16.6 Å². The Balaban J connectivity index is 2.60.